The van der Waals surface area contributed by atoms with E-state index >= 15 is 0 Å². The number of carbonyl (C=O) groups is 1. The summed E-state index contributed by atoms with van der Waals surface area (Å²) in [5.41, 5.74) is 1.20. The maximum Gasteiger partial charge on any atom is 0.268 e. The van der Waals surface area contributed by atoms with Crippen LogP contribution >= 0.6 is 11.3 Å². The van der Waals surface area contributed by atoms with Crippen LogP contribution in [0.1, 0.15) is 35.3 Å². The molecule has 3 nitrogen and oxygen atoms in total. The van der Waals surface area contributed by atoms with Crippen molar-refractivity contribution >= 4 is 28.1 Å². The summed E-state index contributed by atoms with van der Waals surface area (Å²) in [6.07, 6.45) is 0. The lowest BCUT2D eigenvalue weighted by Gasteiger charge is -2.20. The molecule has 0 aliphatic heterocycles. The van der Waals surface area contributed by atoms with Crippen molar-refractivity contribution in [2.45, 2.75) is 19.9 Å². The number of aromatic nitrogens is 1. The summed E-state index contributed by atoms with van der Waals surface area (Å²) in [5, 5.41) is 5.76. The number of carbonyl (C=O) groups excluding carboxylic acids is 1. The second-order valence-corrected chi connectivity index (χ2v) is 6.60. The third-order valence-corrected chi connectivity index (χ3v) is 4.59. The van der Waals surface area contributed by atoms with Crippen molar-refractivity contribution in [3.63, 3.8) is 0 Å². The molecule has 3 rings (SSSR count). The van der Waals surface area contributed by atoms with Crippen molar-refractivity contribution in [1.29, 1.82) is 0 Å². The van der Waals surface area contributed by atoms with Crippen molar-refractivity contribution in [3.8, 4) is 0 Å². The Kier molecular flexibility index (Phi) is 3.98. The molecule has 0 fully saturated rings. The Morgan fingerprint density at radius 1 is 1.27 bits per heavy atom. The molecule has 0 radical (unpaired) electrons. The number of amides is 1. The molecule has 0 unspecified atom stereocenters. The Morgan fingerprint density at radius 3 is 2.77 bits per heavy atom. The molecule has 5 heteroatoms. The molecule has 3 aromatic rings. The van der Waals surface area contributed by atoms with E-state index < -0.39 is 0 Å². The van der Waals surface area contributed by atoms with Gasteiger partial charge in [0.25, 0.3) is 5.91 Å². The number of benzene rings is 1. The van der Waals surface area contributed by atoms with Crippen molar-refractivity contribution < 1.29 is 9.18 Å². The number of aromatic amines is 1. The Labute approximate surface area is 132 Å². The monoisotopic (exact) mass is 316 g/mol. The number of rotatable bonds is 4. The summed E-state index contributed by atoms with van der Waals surface area (Å²) in [5.74, 6) is -0.203. The fourth-order valence-electron chi connectivity index (χ4n) is 2.48. The van der Waals surface area contributed by atoms with Gasteiger partial charge in [-0.25, -0.2) is 4.39 Å². The van der Waals surface area contributed by atoms with Gasteiger partial charge in [-0.2, -0.15) is 0 Å². The van der Waals surface area contributed by atoms with Gasteiger partial charge in [-0.15, -0.1) is 11.3 Å². The summed E-state index contributed by atoms with van der Waals surface area (Å²) in [6.45, 7) is 4.15. The van der Waals surface area contributed by atoms with Crippen LogP contribution in [0.5, 0.6) is 0 Å². The van der Waals surface area contributed by atoms with E-state index in [4.69, 9.17) is 0 Å². The van der Waals surface area contributed by atoms with Crippen LogP contribution in [0.3, 0.4) is 0 Å². The third kappa shape index (κ3) is 2.90. The SMILES string of the molecule is CC(C)[C@@H](NC(=O)c1cc2cc(F)ccc2[nH]1)c1cccs1. The topological polar surface area (TPSA) is 44.9 Å². The van der Waals surface area contributed by atoms with Gasteiger partial charge in [-0.05, 0) is 41.6 Å². The van der Waals surface area contributed by atoms with Gasteiger partial charge in [-0.3, -0.25) is 4.79 Å². The standard InChI is InChI=1S/C17H17FN2OS/c1-10(2)16(15-4-3-7-22-15)20-17(21)14-9-11-8-12(18)5-6-13(11)19-14/h3-10,16,19H,1-2H3,(H,20,21)/t16-/m1/s1. The second-order valence-electron chi connectivity index (χ2n) is 5.63. The zero-order valence-corrected chi connectivity index (χ0v) is 13.2. The molecule has 0 aliphatic rings. The minimum Gasteiger partial charge on any atom is -0.351 e. The first-order valence-corrected chi connectivity index (χ1v) is 8.05. The second kappa shape index (κ2) is 5.93. The lowest BCUT2D eigenvalue weighted by molar-refractivity contribution is 0.0922. The smallest absolute Gasteiger partial charge is 0.268 e. The quantitative estimate of drug-likeness (QED) is 0.731. The Bertz CT molecular complexity index is 792. The van der Waals surface area contributed by atoms with Gasteiger partial charge >= 0.3 is 0 Å². The normalized spacial score (nSPS) is 12.7. The van der Waals surface area contributed by atoms with Crippen LogP contribution < -0.4 is 5.32 Å². The maximum atomic E-state index is 13.2. The predicted octanol–water partition coefficient (Wildman–Crippen LogP) is 4.50. The summed E-state index contributed by atoms with van der Waals surface area (Å²) < 4.78 is 13.2. The molecule has 1 atom stereocenters. The van der Waals surface area contributed by atoms with E-state index in [1.54, 1.807) is 23.5 Å². The molecule has 2 aromatic heterocycles. The third-order valence-electron chi connectivity index (χ3n) is 3.63. The fraction of sp³-hybridized carbons (Fsp3) is 0.235. The number of hydrogen-bond donors (Lipinski definition) is 2. The molecule has 1 amide bonds. The number of nitrogens with one attached hydrogen (secondary N) is 2. The van der Waals surface area contributed by atoms with Crippen molar-refractivity contribution in [2.75, 3.05) is 0 Å². The Morgan fingerprint density at radius 2 is 2.09 bits per heavy atom. The molecule has 2 heterocycles. The lowest BCUT2D eigenvalue weighted by Crippen LogP contribution is -2.31. The van der Waals surface area contributed by atoms with Crippen molar-refractivity contribution in [1.82, 2.24) is 10.3 Å². The molecule has 1 aromatic carbocycles. The fourth-order valence-corrected chi connectivity index (χ4v) is 3.43. The van der Waals surface area contributed by atoms with E-state index in [-0.39, 0.29) is 23.7 Å². The first-order valence-electron chi connectivity index (χ1n) is 7.17. The van der Waals surface area contributed by atoms with Crippen LogP contribution in [0, 0.1) is 11.7 Å². The first kappa shape index (κ1) is 14.8. The number of thiophene rings is 1. The number of hydrogen-bond acceptors (Lipinski definition) is 2. The van der Waals surface area contributed by atoms with Crippen LogP contribution in [0.2, 0.25) is 0 Å². The predicted molar refractivity (Wildman–Crippen MR) is 87.6 cm³/mol. The van der Waals surface area contributed by atoms with Crippen molar-refractivity contribution in [2.24, 2.45) is 5.92 Å². The van der Waals surface area contributed by atoms with Crippen LogP contribution in [-0.4, -0.2) is 10.9 Å². The minimum atomic E-state index is -0.308. The molecule has 0 saturated heterocycles. The van der Waals surface area contributed by atoms with Crippen LogP contribution in [0.4, 0.5) is 4.39 Å². The van der Waals surface area contributed by atoms with E-state index in [1.807, 2.05) is 17.5 Å². The molecule has 0 bridgehead atoms. The van der Waals surface area contributed by atoms with Crippen molar-refractivity contribution in [3.05, 3.63) is 58.2 Å². The average molecular weight is 316 g/mol. The molecular formula is C17H17FN2OS. The lowest BCUT2D eigenvalue weighted by atomic mass is 10.0. The minimum absolute atomic E-state index is 0.0318. The Balaban J connectivity index is 1.85. The van der Waals surface area contributed by atoms with Crippen LogP contribution in [0.15, 0.2) is 41.8 Å². The van der Waals surface area contributed by atoms with E-state index in [1.165, 1.54) is 12.1 Å². The van der Waals surface area contributed by atoms with Gasteiger partial charge in [0.05, 0.1) is 6.04 Å². The number of fused-ring (bicyclic) bond motifs is 1. The van der Waals surface area contributed by atoms with Gasteiger partial charge in [-0.1, -0.05) is 19.9 Å². The van der Waals surface area contributed by atoms with E-state index in [2.05, 4.69) is 24.1 Å². The number of halogens is 1. The molecule has 2 N–H and O–H groups in total. The average Bonchev–Trinajstić information content (AvgIpc) is 3.12. The van der Waals surface area contributed by atoms with Gasteiger partial charge < -0.3 is 10.3 Å². The highest BCUT2D eigenvalue weighted by molar-refractivity contribution is 7.10. The summed E-state index contributed by atoms with van der Waals surface area (Å²) >= 11 is 1.63. The highest BCUT2D eigenvalue weighted by Crippen LogP contribution is 2.26. The van der Waals surface area contributed by atoms with E-state index in [0.717, 1.165) is 10.4 Å². The largest absolute Gasteiger partial charge is 0.351 e. The molecule has 22 heavy (non-hydrogen) atoms. The van der Waals surface area contributed by atoms with Gasteiger partial charge in [0.15, 0.2) is 0 Å². The van der Waals surface area contributed by atoms with E-state index in [9.17, 15) is 9.18 Å². The van der Waals surface area contributed by atoms with Gasteiger partial charge in [0.2, 0.25) is 0 Å². The summed E-state index contributed by atoms with van der Waals surface area (Å²) in [4.78, 5) is 16.6. The van der Waals surface area contributed by atoms with Crippen LogP contribution in [0.25, 0.3) is 10.9 Å². The van der Waals surface area contributed by atoms with Gasteiger partial charge in [0.1, 0.15) is 11.5 Å². The van der Waals surface area contributed by atoms with E-state index in [0.29, 0.717) is 11.1 Å². The highest BCUT2D eigenvalue weighted by atomic mass is 32.1. The zero-order chi connectivity index (χ0) is 15.7. The summed E-state index contributed by atoms with van der Waals surface area (Å²) in [7, 11) is 0. The van der Waals surface area contributed by atoms with Crippen LogP contribution in [-0.2, 0) is 0 Å². The molecular weight excluding hydrogens is 299 g/mol. The zero-order valence-electron chi connectivity index (χ0n) is 12.4. The van der Waals surface area contributed by atoms with Gasteiger partial charge in [0, 0.05) is 15.8 Å². The summed E-state index contributed by atoms with van der Waals surface area (Å²) in [6, 6.07) is 10.1. The molecule has 0 aliphatic carbocycles. The number of H-pyrrole nitrogens is 1. The maximum absolute atomic E-state index is 13.2. The molecule has 114 valence electrons. The Hall–Kier alpha value is -2.14. The molecule has 0 saturated carbocycles. The first-order chi connectivity index (χ1) is 10.5. The highest BCUT2D eigenvalue weighted by Gasteiger charge is 2.21. The molecule has 0 spiro atoms.